The molecule has 162 valence electrons. The number of nitrogens with zero attached hydrogens (tertiary/aromatic N) is 1. The Bertz CT molecular complexity index is 1150. The van der Waals surface area contributed by atoms with Crippen LogP contribution in [0.1, 0.15) is 16.7 Å². The average molecular weight is 468 g/mol. The molecule has 0 spiro atoms. The first-order valence-electron chi connectivity index (χ1n) is 9.96. The van der Waals surface area contributed by atoms with Gasteiger partial charge in [-0.1, -0.05) is 60.1 Å². The van der Waals surface area contributed by atoms with Crippen LogP contribution >= 0.6 is 23.4 Å². The third kappa shape index (κ3) is 5.21. The van der Waals surface area contributed by atoms with E-state index >= 15 is 0 Å². The molecule has 0 aromatic heterocycles. The first kappa shape index (κ1) is 22.1. The summed E-state index contributed by atoms with van der Waals surface area (Å²) in [5.74, 6) is -0.167. The summed E-state index contributed by atoms with van der Waals surface area (Å²) in [5.41, 5.74) is 2.13. The third-order valence-corrected chi connectivity index (χ3v) is 6.22. The van der Waals surface area contributed by atoms with Crippen molar-refractivity contribution in [1.29, 1.82) is 0 Å². The second-order valence-corrected chi connectivity index (χ2v) is 8.53. The normalized spacial score (nSPS) is 14.9. The van der Waals surface area contributed by atoms with Crippen molar-refractivity contribution in [1.82, 2.24) is 4.90 Å². The van der Waals surface area contributed by atoms with E-state index in [4.69, 9.17) is 16.3 Å². The molecular weight excluding hydrogens is 449 g/mol. The molecule has 0 bridgehead atoms. The minimum atomic E-state index is -0.419. The molecule has 1 aliphatic rings. The van der Waals surface area contributed by atoms with Gasteiger partial charge in [0.25, 0.3) is 11.1 Å². The van der Waals surface area contributed by atoms with Gasteiger partial charge < -0.3 is 4.74 Å². The van der Waals surface area contributed by atoms with Gasteiger partial charge in [0.15, 0.2) is 0 Å². The van der Waals surface area contributed by atoms with Crippen LogP contribution in [0.5, 0.6) is 5.75 Å². The van der Waals surface area contributed by atoms with Gasteiger partial charge in [-0.05, 0) is 59.7 Å². The van der Waals surface area contributed by atoms with Crippen molar-refractivity contribution < 1.29 is 18.7 Å². The van der Waals surface area contributed by atoms with Crippen molar-refractivity contribution >= 4 is 40.6 Å². The molecule has 1 heterocycles. The molecule has 0 unspecified atom stereocenters. The maximum atomic E-state index is 13.9. The second-order valence-electron chi connectivity index (χ2n) is 7.13. The first-order valence-corrected chi connectivity index (χ1v) is 11.2. The minimum absolute atomic E-state index is 0.00512. The first-order chi connectivity index (χ1) is 15.5. The molecule has 7 heteroatoms. The van der Waals surface area contributed by atoms with E-state index in [1.807, 2.05) is 30.3 Å². The Kier molecular flexibility index (Phi) is 6.93. The fourth-order valence-corrected chi connectivity index (χ4v) is 4.30. The van der Waals surface area contributed by atoms with Crippen molar-refractivity contribution in [2.45, 2.75) is 13.0 Å². The Morgan fingerprint density at radius 3 is 2.44 bits per heavy atom. The van der Waals surface area contributed by atoms with Crippen LogP contribution in [0.3, 0.4) is 0 Å². The van der Waals surface area contributed by atoms with Gasteiger partial charge in [0, 0.05) is 12.1 Å². The number of rotatable bonds is 7. The van der Waals surface area contributed by atoms with E-state index in [2.05, 4.69) is 0 Å². The summed E-state index contributed by atoms with van der Waals surface area (Å²) in [4.78, 5) is 26.6. The topological polar surface area (TPSA) is 46.6 Å². The lowest BCUT2D eigenvalue weighted by atomic mass is 10.1. The molecule has 4 rings (SSSR count). The highest BCUT2D eigenvalue weighted by atomic mass is 35.5. The van der Waals surface area contributed by atoms with Crippen LogP contribution in [0.25, 0.3) is 6.08 Å². The zero-order chi connectivity index (χ0) is 22.5. The largest absolute Gasteiger partial charge is 0.489 e. The van der Waals surface area contributed by atoms with Crippen molar-refractivity contribution in [2.24, 2.45) is 0 Å². The van der Waals surface area contributed by atoms with Crippen molar-refractivity contribution in [3.05, 3.63) is 105 Å². The van der Waals surface area contributed by atoms with Gasteiger partial charge >= 0.3 is 0 Å². The van der Waals surface area contributed by atoms with Crippen LogP contribution < -0.4 is 4.74 Å². The standard InChI is InChI=1S/C25H19ClFNO3S/c26-21-7-4-8-22(27)20(21)16-31-19-11-9-18(10-12-19)15-23-24(29)28(25(30)32-23)14-13-17-5-2-1-3-6-17/h1-12,15H,13-14,16H2/b23-15-. The number of carbonyl (C=O) groups excluding carboxylic acids is 2. The highest BCUT2D eigenvalue weighted by Gasteiger charge is 2.34. The lowest BCUT2D eigenvalue weighted by Crippen LogP contribution is -2.30. The summed E-state index contributed by atoms with van der Waals surface area (Å²) in [6.45, 7) is 0.350. The van der Waals surface area contributed by atoms with Crippen LogP contribution in [0.4, 0.5) is 9.18 Å². The summed E-state index contributed by atoms with van der Waals surface area (Å²) < 4.78 is 19.5. The molecule has 3 aromatic rings. The summed E-state index contributed by atoms with van der Waals surface area (Å²) in [5, 5.41) is 0.0449. The van der Waals surface area contributed by atoms with E-state index in [-0.39, 0.29) is 17.8 Å². The number of carbonyl (C=O) groups is 2. The molecule has 0 aliphatic carbocycles. The van der Waals surface area contributed by atoms with Crippen LogP contribution in [-0.2, 0) is 17.8 Å². The quantitative estimate of drug-likeness (QED) is 0.380. The molecule has 1 saturated heterocycles. The zero-order valence-corrected chi connectivity index (χ0v) is 18.5. The molecule has 1 aliphatic heterocycles. The molecule has 3 aromatic carbocycles. The monoisotopic (exact) mass is 467 g/mol. The van der Waals surface area contributed by atoms with Gasteiger partial charge in [0.05, 0.1) is 9.93 Å². The summed E-state index contributed by atoms with van der Waals surface area (Å²) in [6, 6.07) is 21.2. The minimum Gasteiger partial charge on any atom is -0.489 e. The Morgan fingerprint density at radius 1 is 0.969 bits per heavy atom. The number of benzene rings is 3. The number of thioether (sulfide) groups is 1. The predicted octanol–water partition coefficient (Wildman–Crippen LogP) is 6.34. The summed E-state index contributed by atoms with van der Waals surface area (Å²) in [6.07, 6.45) is 2.30. The van der Waals surface area contributed by atoms with Gasteiger partial charge in [-0.15, -0.1) is 0 Å². The molecule has 0 atom stereocenters. The lowest BCUT2D eigenvalue weighted by molar-refractivity contribution is -0.122. The molecule has 0 saturated carbocycles. The number of ether oxygens (including phenoxy) is 1. The van der Waals surface area contributed by atoms with E-state index in [0.29, 0.717) is 34.2 Å². The van der Waals surface area contributed by atoms with Crippen LogP contribution in [-0.4, -0.2) is 22.6 Å². The molecule has 4 nitrogen and oxygen atoms in total. The Morgan fingerprint density at radius 2 is 1.72 bits per heavy atom. The van der Waals surface area contributed by atoms with Crippen LogP contribution in [0.15, 0.2) is 77.7 Å². The summed E-state index contributed by atoms with van der Waals surface area (Å²) in [7, 11) is 0. The van der Waals surface area contributed by atoms with E-state index in [9.17, 15) is 14.0 Å². The Labute approximate surface area is 194 Å². The number of hydrogen-bond donors (Lipinski definition) is 0. The lowest BCUT2D eigenvalue weighted by Gasteiger charge is -2.12. The van der Waals surface area contributed by atoms with E-state index in [0.717, 1.165) is 22.9 Å². The van der Waals surface area contributed by atoms with Gasteiger partial charge in [-0.25, -0.2) is 4.39 Å². The molecule has 32 heavy (non-hydrogen) atoms. The smallest absolute Gasteiger partial charge is 0.293 e. The average Bonchev–Trinajstić information content (AvgIpc) is 3.06. The molecular formula is C25H19ClFNO3S. The van der Waals surface area contributed by atoms with E-state index in [1.165, 1.54) is 11.0 Å². The Balaban J connectivity index is 1.38. The maximum absolute atomic E-state index is 13.9. The molecule has 0 radical (unpaired) electrons. The highest BCUT2D eigenvalue weighted by molar-refractivity contribution is 8.18. The Hall–Kier alpha value is -3.09. The predicted molar refractivity (Wildman–Crippen MR) is 125 cm³/mol. The van der Waals surface area contributed by atoms with Crippen molar-refractivity contribution in [3.63, 3.8) is 0 Å². The maximum Gasteiger partial charge on any atom is 0.293 e. The number of amides is 2. The third-order valence-electron chi connectivity index (χ3n) is 4.96. The molecule has 1 fully saturated rings. The fourth-order valence-electron chi connectivity index (χ4n) is 3.22. The van der Waals surface area contributed by atoms with Crippen molar-refractivity contribution in [2.75, 3.05) is 6.54 Å². The highest BCUT2D eigenvalue weighted by Crippen LogP contribution is 2.32. The van der Waals surface area contributed by atoms with Gasteiger partial charge in [-0.2, -0.15) is 0 Å². The number of halogens is 2. The second kappa shape index (κ2) is 10.0. The number of hydrogen-bond acceptors (Lipinski definition) is 4. The summed E-state index contributed by atoms with van der Waals surface area (Å²) >= 11 is 6.95. The van der Waals surface area contributed by atoms with E-state index < -0.39 is 5.82 Å². The van der Waals surface area contributed by atoms with E-state index in [1.54, 1.807) is 42.5 Å². The van der Waals surface area contributed by atoms with Gasteiger partial charge in [0.1, 0.15) is 18.2 Å². The van der Waals surface area contributed by atoms with Crippen LogP contribution in [0, 0.1) is 5.82 Å². The molecule has 0 N–H and O–H groups in total. The molecule has 2 amide bonds. The van der Waals surface area contributed by atoms with Gasteiger partial charge in [-0.3, -0.25) is 14.5 Å². The van der Waals surface area contributed by atoms with Gasteiger partial charge in [0.2, 0.25) is 0 Å². The van der Waals surface area contributed by atoms with Crippen LogP contribution in [0.2, 0.25) is 5.02 Å². The number of imide groups is 1. The SMILES string of the molecule is O=C1S/C(=C\c2ccc(OCc3c(F)cccc3Cl)cc2)C(=O)N1CCc1ccccc1. The van der Waals surface area contributed by atoms with Crippen molar-refractivity contribution in [3.8, 4) is 5.75 Å². The fraction of sp³-hybridized carbons (Fsp3) is 0.120. The zero-order valence-electron chi connectivity index (χ0n) is 17.0.